The molecule has 3 fully saturated rings. The van der Waals surface area contributed by atoms with Gasteiger partial charge in [0, 0.05) is 87.8 Å². The predicted molar refractivity (Wildman–Crippen MR) is 244 cm³/mol. The zero-order valence-corrected chi connectivity index (χ0v) is 36.9. The van der Waals surface area contributed by atoms with Crippen molar-refractivity contribution in [2.75, 3.05) is 38.0 Å². The van der Waals surface area contributed by atoms with Crippen molar-refractivity contribution in [3.63, 3.8) is 0 Å². The number of alkyl halides is 3. The summed E-state index contributed by atoms with van der Waals surface area (Å²) in [4.78, 5) is 59.6. The van der Waals surface area contributed by atoms with Crippen LogP contribution < -0.4 is 10.6 Å². The highest BCUT2D eigenvalue weighted by Gasteiger charge is 2.36. The molecule has 16 nitrogen and oxygen atoms in total. The highest BCUT2D eigenvalue weighted by Crippen LogP contribution is 2.35. The second kappa shape index (κ2) is 16.2. The van der Waals surface area contributed by atoms with E-state index in [1.54, 1.807) is 47.1 Å². The second-order valence-corrected chi connectivity index (χ2v) is 17.7. The first-order valence-corrected chi connectivity index (χ1v) is 22.7. The van der Waals surface area contributed by atoms with Crippen molar-refractivity contribution >= 4 is 61.9 Å². The Kier molecular flexibility index (Phi) is 10.3. The van der Waals surface area contributed by atoms with Gasteiger partial charge >= 0.3 is 6.18 Å². The van der Waals surface area contributed by atoms with Gasteiger partial charge in [0.05, 0.1) is 34.4 Å². The van der Waals surface area contributed by atoms with E-state index in [1.165, 1.54) is 12.4 Å². The monoisotopic (exact) mass is 898 g/mol. The first kappa shape index (κ1) is 41.8. The Balaban J connectivity index is 0.836. The summed E-state index contributed by atoms with van der Waals surface area (Å²) < 4.78 is 49.6. The molecule has 3 atom stereocenters. The van der Waals surface area contributed by atoms with E-state index in [9.17, 15) is 22.8 Å². The van der Waals surface area contributed by atoms with E-state index in [1.807, 2.05) is 30.0 Å². The Morgan fingerprint density at radius 3 is 2.20 bits per heavy atom. The lowest BCUT2D eigenvalue weighted by atomic mass is 9.92. The number of rotatable bonds is 9. The third kappa shape index (κ3) is 7.28. The lowest BCUT2D eigenvalue weighted by Crippen LogP contribution is -2.48. The molecular weight excluding hydrogens is 850 g/mol. The van der Waals surface area contributed by atoms with Gasteiger partial charge in [-0.1, -0.05) is 0 Å². The molecule has 11 heterocycles. The number of nitrogens with zero attached hydrogens (tertiary/aromatic N) is 12. The first-order chi connectivity index (χ1) is 31.9. The van der Waals surface area contributed by atoms with Gasteiger partial charge in [0.2, 0.25) is 0 Å². The van der Waals surface area contributed by atoms with Crippen molar-refractivity contribution in [3.8, 4) is 23.0 Å². The largest absolute Gasteiger partial charge is 0.406 e. The number of aromatic nitrogens is 10. The van der Waals surface area contributed by atoms with Crippen molar-refractivity contribution in [2.45, 2.75) is 77.4 Å². The van der Waals surface area contributed by atoms with E-state index in [-0.39, 0.29) is 41.1 Å². The van der Waals surface area contributed by atoms with Gasteiger partial charge in [-0.15, -0.1) is 0 Å². The Labute approximate surface area is 376 Å². The highest BCUT2D eigenvalue weighted by molar-refractivity contribution is 5.98. The maximum atomic E-state index is 14.2. The van der Waals surface area contributed by atoms with E-state index < -0.39 is 12.7 Å². The number of nitrogens with one attached hydrogen (secondary N) is 2. The Morgan fingerprint density at radius 1 is 0.742 bits per heavy atom. The number of fused-ring (bicyclic) bond motifs is 5. The fourth-order valence-electron chi connectivity index (χ4n) is 10.5. The summed E-state index contributed by atoms with van der Waals surface area (Å²) in [6.07, 6.45) is 5.49. The molecule has 3 saturated heterocycles. The fourth-order valence-corrected chi connectivity index (χ4v) is 10.5. The van der Waals surface area contributed by atoms with Crippen LogP contribution in [-0.4, -0.2) is 121 Å². The maximum Gasteiger partial charge on any atom is 0.406 e. The number of halogens is 3. The summed E-state index contributed by atoms with van der Waals surface area (Å²) in [6, 6.07) is 13.1. The lowest BCUT2D eigenvalue weighted by molar-refractivity contribution is -0.139. The topological polar surface area (TPSA) is 162 Å². The van der Waals surface area contributed by atoms with E-state index in [2.05, 4.69) is 47.7 Å². The quantitative estimate of drug-likeness (QED) is 0.156. The summed E-state index contributed by atoms with van der Waals surface area (Å²) in [5.41, 5.74) is 5.81. The smallest absolute Gasteiger partial charge is 0.379 e. The zero-order valence-electron chi connectivity index (χ0n) is 36.9. The van der Waals surface area contributed by atoms with Crippen LogP contribution in [0.2, 0.25) is 0 Å². The average molecular weight is 899 g/mol. The molecule has 8 aromatic rings. The number of pyridine rings is 4. The summed E-state index contributed by atoms with van der Waals surface area (Å²) in [6.45, 7) is 7.41. The molecular formula is C47H49F3N14O2. The van der Waals surface area contributed by atoms with Gasteiger partial charge in [-0.05, 0) is 94.5 Å². The number of carbonyl (C=O) groups is 2. The van der Waals surface area contributed by atoms with Gasteiger partial charge < -0.3 is 38.7 Å². The molecule has 0 unspecified atom stereocenters. The minimum Gasteiger partial charge on any atom is -0.379 e. The third-order valence-electron chi connectivity index (χ3n) is 13.6. The fraction of sp³-hybridized carbons (Fsp3) is 0.404. The van der Waals surface area contributed by atoms with E-state index in [0.29, 0.717) is 89.7 Å². The van der Waals surface area contributed by atoms with Crippen LogP contribution in [0.5, 0.6) is 0 Å². The predicted octanol–water partition coefficient (Wildman–Crippen LogP) is 6.89. The number of anilines is 1. The van der Waals surface area contributed by atoms with Crippen LogP contribution >= 0.6 is 0 Å². The molecule has 19 heteroatoms. The number of likely N-dealkylation sites (tertiary alicyclic amines) is 2. The summed E-state index contributed by atoms with van der Waals surface area (Å²) in [5.74, 6) is 1.32. The molecule has 340 valence electrons. The van der Waals surface area contributed by atoms with E-state index >= 15 is 0 Å². The summed E-state index contributed by atoms with van der Waals surface area (Å²) >= 11 is 0. The van der Waals surface area contributed by atoms with Gasteiger partial charge in [0.1, 0.15) is 28.9 Å². The van der Waals surface area contributed by atoms with E-state index in [0.717, 1.165) is 59.3 Å². The molecule has 0 radical (unpaired) electrons. The van der Waals surface area contributed by atoms with Gasteiger partial charge in [-0.3, -0.25) is 9.59 Å². The molecule has 0 bridgehead atoms. The zero-order chi connectivity index (χ0) is 45.4. The van der Waals surface area contributed by atoms with Crippen LogP contribution in [0, 0.1) is 5.92 Å². The molecule has 0 aliphatic carbocycles. The second-order valence-electron chi connectivity index (χ2n) is 17.7. The first-order valence-electron chi connectivity index (χ1n) is 22.7. The lowest BCUT2D eigenvalue weighted by Gasteiger charge is -2.34. The van der Waals surface area contributed by atoms with Gasteiger partial charge in [0.25, 0.3) is 11.8 Å². The number of amides is 2. The van der Waals surface area contributed by atoms with Crippen LogP contribution in [0.1, 0.15) is 60.2 Å². The van der Waals surface area contributed by atoms with Crippen LogP contribution in [0.4, 0.5) is 18.9 Å². The highest BCUT2D eigenvalue weighted by atomic mass is 19.4. The maximum absolute atomic E-state index is 14.2. The Bertz CT molecular complexity index is 3200. The molecule has 3 aliphatic heterocycles. The number of piperidine rings is 2. The van der Waals surface area contributed by atoms with Crippen molar-refractivity contribution < 1.29 is 22.8 Å². The van der Waals surface area contributed by atoms with Crippen LogP contribution in [0.25, 0.3) is 67.4 Å². The van der Waals surface area contributed by atoms with Crippen molar-refractivity contribution in [1.29, 1.82) is 0 Å². The summed E-state index contributed by atoms with van der Waals surface area (Å²) in [5, 5.41) is 8.52. The number of hydrogen-bond acceptors (Lipinski definition) is 10. The van der Waals surface area contributed by atoms with Crippen molar-refractivity contribution in [3.05, 3.63) is 78.4 Å². The van der Waals surface area contributed by atoms with Crippen LogP contribution in [0.15, 0.2) is 67.3 Å². The third-order valence-corrected chi connectivity index (χ3v) is 13.6. The van der Waals surface area contributed by atoms with E-state index in [4.69, 9.17) is 15.0 Å². The minimum atomic E-state index is -4.55. The molecule has 3 aliphatic rings. The number of imidazole rings is 2. The molecule has 2 N–H and O–H groups in total. The number of hydrogen-bond donors (Lipinski definition) is 2. The van der Waals surface area contributed by atoms with Gasteiger partial charge in [-0.2, -0.15) is 13.2 Å². The van der Waals surface area contributed by atoms with Crippen molar-refractivity contribution in [2.24, 2.45) is 13.0 Å². The van der Waals surface area contributed by atoms with Gasteiger partial charge in [-0.25, -0.2) is 29.9 Å². The Morgan fingerprint density at radius 2 is 1.42 bits per heavy atom. The molecule has 2 amide bonds. The Hall–Kier alpha value is -6.89. The van der Waals surface area contributed by atoms with Crippen LogP contribution in [-0.2, 0) is 26.7 Å². The number of aryl methyl sites for hydroxylation is 3. The standard InChI is InChI=1S/C47H49F3N14O2/c1-4-62-38(19-28-8-6-12-52-39(28)62)44-58-35-18-31(22-54-42(35)63(44)5-2)45(65)60-14-7-9-32(24-60)56-33-16-29-20-37(64(26-47(48,49)50)40(29)55-23-33)43-57-34-17-30(21-53-41(34)59(43)3)46(66)61-15-11-27-10-13-51-36(27)25-61/h6,8,12,16-23,27,32,36,51,56H,4-5,7,9-11,13-15,24-26H2,1-3H3/t27-,32-,36+/m1/s1. The average Bonchev–Trinajstić information content (AvgIpc) is 4.15. The normalized spacial score (nSPS) is 19.2. The molecule has 0 saturated carbocycles. The molecule has 66 heavy (non-hydrogen) atoms. The molecule has 0 aromatic carbocycles. The number of carbonyl (C=O) groups excluding carboxylic acids is 2. The minimum absolute atomic E-state index is 0.136. The van der Waals surface area contributed by atoms with Crippen LogP contribution in [0.3, 0.4) is 0 Å². The molecule has 8 aromatic heterocycles. The van der Waals surface area contributed by atoms with Gasteiger partial charge in [0.15, 0.2) is 22.9 Å². The SMILES string of the molecule is CCn1c(-c2nc3cc(C(=O)N4CCC[C@@H](Nc5cnc6c(c5)cc(-c5nc7cc(C(=O)N8CC[C@H]9CCN[C@H]9C8)cnc7n5C)n6CC(F)(F)F)C4)cnc3n2CC)cc2cccnc21. The molecule has 11 rings (SSSR count). The summed E-state index contributed by atoms with van der Waals surface area (Å²) in [7, 11) is 1.70. The van der Waals surface area contributed by atoms with Crippen molar-refractivity contribution in [1.82, 2.24) is 63.3 Å². The molecule has 0 spiro atoms.